The van der Waals surface area contributed by atoms with E-state index in [-0.39, 0.29) is 6.42 Å². The van der Waals surface area contributed by atoms with E-state index in [2.05, 4.69) is 12.1 Å². The van der Waals surface area contributed by atoms with Gasteiger partial charge in [-0.1, -0.05) is 24.3 Å². The standard InChI is InChI=1S/C19H22O3S/c1-22-17-9-11-18(12-10-17)23-13-3-2-4-15-5-7-16(8-6-15)14-19(20)21/h5-12H,2-4,13-14H2,1H3,(H,20,21). The van der Waals surface area contributed by atoms with Gasteiger partial charge in [-0.05, 0) is 60.4 Å². The Morgan fingerprint density at radius 2 is 1.65 bits per heavy atom. The van der Waals surface area contributed by atoms with E-state index < -0.39 is 5.97 Å². The predicted octanol–water partition coefficient (Wildman–Crippen LogP) is 4.44. The van der Waals surface area contributed by atoms with Crippen molar-refractivity contribution >= 4 is 17.7 Å². The van der Waals surface area contributed by atoms with Gasteiger partial charge in [-0.15, -0.1) is 11.8 Å². The average Bonchev–Trinajstić information content (AvgIpc) is 2.56. The molecule has 2 rings (SSSR count). The van der Waals surface area contributed by atoms with Gasteiger partial charge in [-0.3, -0.25) is 4.79 Å². The zero-order chi connectivity index (χ0) is 16.5. The van der Waals surface area contributed by atoms with Crippen molar-refractivity contribution in [3.8, 4) is 5.75 Å². The minimum absolute atomic E-state index is 0.0960. The molecule has 0 fully saturated rings. The van der Waals surface area contributed by atoms with Crippen molar-refractivity contribution in [3.05, 3.63) is 59.7 Å². The van der Waals surface area contributed by atoms with Gasteiger partial charge >= 0.3 is 5.97 Å². The molecule has 4 heteroatoms. The first kappa shape index (κ1) is 17.4. The predicted molar refractivity (Wildman–Crippen MR) is 94.4 cm³/mol. The fraction of sp³-hybridized carbons (Fsp3) is 0.316. The van der Waals surface area contributed by atoms with E-state index in [1.54, 1.807) is 7.11 Å². The summed E-state index contributed by atoms with van der Waals surface area (Å²) in [7, 11) is 1.68. The van der Waals surface area contributed by atoms with Crippen LogP contribution in [0, 0.1) is 0 Å². The monoisotopic (exact) mass is 330 g/mol. The van der Waals surface area contributed by atoms with Crippen LogP contribution < -0.4 is 4.74 Å². The highest BCUT2D eigenvalue weighted by atomic mass is 32.2. The summed E-state index contributed by atoms with van der Waals surface area (Å²) in [6.07, 6.45) is 3.43. The molecule has 1 N–H and O–H groups in total. The molecule has 0 bridgehead atoms. The molecule has 0 aliphatic rings. The first-order valence-electron chi connectivity index (χ1n) is 7.74. The summed E-state index contributed by atoms with van der Waals surface area (Å²) < 4.78 is 5.15. The van der Waals surface area contributed by atoms with Crippen molar-refractivity contribution in [3.63, 3.8) is 0 Å². The highest BCUT2D eigenvalue weighted by Crippen LogP contribution is 2.22. The number of aliphatic carboxylic acids is 1. The van der Waals surface area contributed by atoms with Crippen LogP contribution in [-0.4, -0.2) is 23.9 Å². The molecule has 0 spiro atoms. The Balaban J connectivity index is 1.65. The van der Waals surface area contributed by atoms with Crippen LogP contribution in [0.4, 0.5) is 0 Å². The Labute approximate surface area is 141 Å². The zero-order valence-electron chi connectivity index (χ0n) is 13.3. The molecule has 0 saturated heterocycles. The van der Waals surface area contributed by atoms with Crippen molar-refractivity contribution in [2.24, 2.45) is 0 Å². The van der Waals surface area contributed by atoms with Crippen LogP contribution in [0.25, 0.3) is 0 Å². The number of hydrogen-bond acceptors (Lipinski definition) is 3. The van der Waals surface area contributed by atoms with Crippen LogP contribution in [0.3, 0.4) is 0 Å². The maximum Gasteiger partial charge on any atom is 0.307 e. The number of rotatable bonds is 9. The highest BCUT2D eigenvalue weighted by Gasteiger charge is 2.01. The number of carboxylic acids is 1. The molecule has 0 saturated carbocycles. The molecule has 0 unspecified atom stereocenters. The van der Waals surface area contributed by atoms with E-state index in [0.29, 0.717) is 0 Å². The third-order valence-electron chi connectivity index (χ3n) is 3.57. The summed E-state index contributed by atoms with van der Waals surface area (Å²) in [4.78, 5) is 11.9. The molecule has 23 heavy (non-hydrogen) atoms. The van der Waals surface area contributed by atoms with Crippen LogP contribution in [0.2, 0.25) is 0 Å². The summed E-state index contributed by atoms with van der Waals surface area (Å²) in [6.45, 7) is 0. The minimum Gasteiger partial charge on any atom is -0.497 e. The van der Waals surface area contributed by atoms with Crippen LogP contribution >= 0.6 is 11.8 Å². The van der Waals surface area contributed by atoms with E-state index in [1.165, 1.54) is 10.5 Å². The SMILES string of the molecule is COc1ccc(SCCCCc2ccc(CC(=O)O)cc2)cc1. The molecule has 2 aromatic rings. The van der Waals surface area contributed by atoms with E-state index in [9.17, 15) is 4.79 Å². The second kappa shape index (κ2) is 9.26. The maximum atomic E-state index is 10.6. The topological polar surface area (TPSA) is 46.5 Å². The van der Waals surface area contributed by atoms with Crippen molar-refractivity contribution in [1.29, 1.82) is 0 Å². The highest BCUT2D eigenvalue weighted by molar-refractivity contribution is 7.99. The lowest BCUT2D eigenvalue weighted by Crippen LogP contribution is -1.99. The second-order valence-electron chi connectivity index (χ2n) is 5.37. The van der Waals surface area contributed by atoms with E-state index in [1.807, 2.05) is 48.2 Å². The average molecular weight is 330 g/mol. The molecule has 0 amide bonds. The number of thioether (sulfide) groups is 1. The Bertz CT molecular complexity index is 606. The fourth-order valence-electron chi connectivity index (χ4n) is 2.29. The van der Waals surface area contributed by atoms with Gasteiger partial charge in [0.15, 0.2) is 0 Å². The van der Waals surface area contributed by atoms with Crippen molar-refractivity contribution in [2.45, 2.75) is 30.6 Å². The number of carboxylic acid groups (broad SMARTS) is 1. The van der Waals surface area contributed by atoms with Gasteiger partial charge in [0.1, 0.15) is 5.75 Å². The molecular formula is C19H22O3S. The fourth-order valence-corrected chi connectivity index (χ4v) is 3.20. The van der Waals surface area contributed by atoms with Gasteiger partial charge in [0.25, 0.3) is 0 Å². The first-order valence-corrected chi connectivity index (χ1v) is 8.72. The summed E-state index contributed by atoms with van der Waals surface area (Å²) >= 11 is 1.86. The Hall–Kier alpha value is -1.94. The molecule has 0 aliphatic heterocycles. The van der Waals surface area contributed by atoms with Crippen molar-refractivity contribution in [2.75, 3.05) is 12.9 Å². The molecule has 0 radical (unpaired) electrons. The number of ether oxygens (including phenoxy) is 1. The lowest BCUT2D eigenvalue weighted by Gasteiger charge is -2.05. The Morgan fingerprint density at radius 1 is 1.00 bits per heavy atom. The summed E-state index contributed by atoms with van der Waals surface area (Å²) in [6, 6.07) is 16.0. The molecule has 2 aromatic carbocycles. The lowest BCUT2D eigenvalue weighted by atomic mass is 10.1. The van der Waals surface area contributed by atoms with Crippen LogP contribution in [0.1, 0.15) is 24.0 Å². The Morgan fingerprint density at radius 3 is 2.26 bits per heavy atom. The van der Waals surface area contributed by atoms with E-state index in [4.69, 9.17) is 9.84 Å². The lowest BCUT2D eigenvalue weighted by molar-refractivity contribution is -0.136. The second-order valence-corrected chi connectivity index (χ2v) is 6.54. The number of methoxy groups -OCH3 is 1. The van der Waals surface area contributed by atoms with Gasteiger partial charge in [-0.25, -0.2) is 0 Å². The van der Waals surface area contributed by atoms with Gasteiger partial charge in [0.05, 0.1) is 13.5 Å². The molecule has 0 aliphatic carbocycles. The molecule has 0 atom stereocenters. The normalized spacial score (nSPS) is 10.5. The van der Waals surface area contributed by atoms with Crippen molar-refractivity contribution in [1.82, 2.24) is 0 Å². The van der Waals surface area contributed by atoms with Gasteiger partial charge in [0.2, 0.25) is 0 Å². The van der Waals surface area contributed by atoms with Gasteiger partial charge < -0.3 is 9.84 Å². The Kier molecular flexibility index (Phi) is 7.01. The van der Waals surface area contributed by atoms with Gasteiger partial charge in [0, 0.05) is 4.90 Å². The van der Waals surface area contributed by atoms with Crippen LogP contribution in [0.15, 0.2) is 53.4 Å². The molecule has 0 aromatic heterocycles. The quantitative estimate of drug-likeness (QED) is 0.545. The number of benzene rings is 2. The number of aryl methyl sites for hydroxylation is 1. The van der Waals surface area contributed by atoms with Crippen molar-refractivity contribution < 1.29 is 14.6 Å². The van der Waals surface area contributed by atoms with Gasteiger partial charge in [-0.2, -0.15) is 0 Å². The molecule has 3 nitrogen and oxygen atoms in total. The summed E-state index contributed by atoms with van der Waals surface area (Å²) in [5, 5.41) is 8.75. The first-order chi connectivity index (χ1) is 11.2. The molecular weight excluding hydrogens is 308 g/mol. The molecule has 122 valence electrons. The number of hydrogen-bond donors (Lipinski definition) is 1. The molecule has 0 heterocycles. The third kappa shape index (κ3) is 6.37. The summed E-state index contributed by atoms with van der Waals surface area (Å²) in [5.41, 5.74) is 2.13. The van der Waals surface area contributed by atoms with E-state index >= 15 is 0 Å². The summed E-state index contributed by atoms with van der Waals surface area (Å²) in [5.74, 6) is 1.21. The maximum absolute atomic E-state index is 10.6. The third-order valence-corrected chi connectivity index (χ3v) is 4.66. The zero-order valence-corrected chi connectivity index (χ0v) is 14.1. The number of carbonyl (C=O) groups is 1. The smallest absolute Gasteiger partial charge is 0.307 e. The number of unbranched alkanes of at least 4 members (excludes halogenated alkanes) is 1. The van der Waals surface area contributed by atoms with Crippen LogP contribution in [0.5, 0.6) is 5.75 Å². The largest absolute Gasteiger partial charge is 0.497 e. The minimum atomic E-state index is -0.784. The van der Waals surface area contributed by atoms with E-state index in [0.717, 1.165) is 36.3 Å². The van der Waals surface area contributed by atoms with Crippen LogP contribution in [-0.2, 0) is 17.6 Å².